The zero-order chi connectivity index (χ0) is 11.5. The molecule has 1 aromatic carbocycles. The van der Waals surface area contributed by atoms with E-state index in [9.17, 15) is 9.90 Å². The average molecular weight is 221 g/mol. The van der Waals surface area contributed by atoms with Gasteiger partial charge in [-0.25, -0.2) is 4.79 Å². The van der Waals surface area contributed by atoms with E-state index in [0.29, 0.717) is 18.2 Å². The molecule has 4 heteroatoms. The van der Waals surface area contributed by atoms with Gasteiger partial charge in [0.15, 0.2) is 0 Å². The number of aliphatic hydroxyl groups is 1. The summed E-state index contributed by atoms with van der Waals surface area (Å²) >= 11 is 0. The molecule has 0 heterocycles. The lowest BCUT2D eigenvalue weighted by atomic mass is 10.1. The Morgan fingerprint density at radius 1 is 1.44 bits per heavy atom. The predicted octanol–water partition coefficient (Wildman–Crippen LogP) is 1.57. The molecular weight excluding hydrogens is 206 g/mol. The first-order valence-electron chi connectivity index (χ1n) is 5.42. The number of nitrogens with one attached hydrogen (secondary N) is 1. The van der Waals surface area contributed by atoms with Gasteiger partial charge >= 0.3 is 5.97 Å². The topological polar surface area (TPSA) is 69.6 Å². The molecule has 4 nitrogen and oxygen atoms in total. The van der Waals surface area contributed by atoms with E-state index in [1.54, 1.807) is 24.3 Å². The van der Waals surface area contributed by atoms with Gasteiger partial charge < -0.3 is 15.5 Å². The van der Waals surface area contributed by atoms with Gasteiger partial charge in [-0.3, -0.25) is 0 Å². The maximum absolute atomic E-state index is 10.9. The number of benzene rings is 1. The van der Waals surface area contributed by atoms with Gasteiger partial charge in [-0.1, -0.05) is 12.1 Å². The maximum atomic E-state index is 10.9. The fourth-order valence-corrected chi connectivity index (χ4v) is 1.69. The first-order valence-corrected chi connectivity index (χ1v) is 5.42. The summed E-state index contributed by atoms with van der Waals surface area (Å²) in [4.78, 5) is 10.9. The van der Waals surface area contributed by atoms with E-state index in [4.69, 9.17) is 5.11 Å². The molecule has 0 radical (unpaired) electrons. The largest absolute Gasteiger partial charge is 0.478 e. The molecule has 1 aliphatic rings. The maximum Gasteiger partial charge on any atom is 0.337 e. The molecule has 1 aliphatic carbocycles. The quantitative estimate of drug-likeness (QED) is 0.705. The Bertz CT molecular complexity index is 388. The number of hydrogen-bond acceptors (Lipinski definition) is 3. The van der Waals surface area contributed by atoms with Crippen molar-refractivity contribution in [2.45, 2.75) is 18.9 Å². The van der Waals surface area contributed by atoms with E-state index in [1.807, 2.05) is 0 Å². The number of carboxylic acids is 1. The van der Waals surface area contributed by atoms with Crippen LogP contribution in [0.2, 0.25) is 0 Å². The second-order valence-electron chi connectivity index (χ2n) is 4.14. The highest BCUT2D eigenvalue weighted by atomic mass is 16.4. The molecule has 0 saturated heterocycles. The summed E-state index contributed by atoms with van der Waals surface area (Å²) in [6.45, 7) is 0.412. The van der Waals surface area contributed by atoms with E-state index in [1.165, 1.54) is 0 Å². The number of aliphatic hydroxyl groups excluding tert-OH is 1. The molecule has 1 saturated carbocycles. The summed E-state index contributed by atoms with van der Waals surface area (Å²) in [6, 6.07) is 6.72. The third kappa shape index (κ3) is 2.52. The highest BCUT2D eigenvalue weighted by Gasteiger charge is 2.29. The van der Waals surface area contributed by atoms with Gasteiger partial charge in [0.25, 0.3) is 0 Å². The zero-order valence-corrected chi connectivity index (χ0v) is 8.89. The van der Waals surface area contributed by atoms with Crippen molar-refractivity contribution in [1.29, 1.82) is 0 Å². The molecule has 0 spiro atoms. The Morgan fingerprint density at radius 2 is 2.12 bits per heavy atom. The highest BCUT2D eigenvalue weighted by Crippen LogP contribution is 2.32. The standard InChI is InChI=1S/C12H15NO3/c14-11(8-5-6-8)7-13-10-4-2-1-3-9(10)12(15)16/h1-4,8,11,13-14H,5-7H2,(H,15,16). The number of aromatic carboxylic acids is 1. The van der Waals surface area contributed by atoms with Crippen molar-refractivity contribution >= 4 is 11.7 Å². The molecule has 2 rings (SSSR count). The minimum atomic E-state index is -0.955. The van der Waals surface area contributed by atoms with Crippen LogP contribution in [0.25, 0.3) is 0 Å². The normalized spacial score (nSPS) is 16.8. The van der Waals surface area contributed by atoms with Crippen molar-refractivity contribution in [3.63, 3.8) is 0 Å². The lowest BCUT2D eigenvalue weighted by Gasteiger charge is -2.13. The summed E-state index contributed by atoms with van der Waals surface area (Å²) in [7, 11) is 0. The number of anilines is 1. The molecule has 1 fully saturated rings. The molecule has 0 amide bonds. The van der Waals surface area contributed by atoms with Gasteiger partial charge in [-0.2, -0.15) is 0 Å². The Kier molecular flexibility index (Phi) is 3.10. The minimum absolute atomic E-state index is 0.241. The molecule has 0 bridgehead atoms. The fourth-order valence-electron chi connectivity index (χ4n) is 1.69. The SMILES string of the molecule is O=C(O)c1ccccc1NCC(O)C1CC1. The molecule has 0 aliphatic heterocycles. The van der Waals surface area contributed by atoms with Crippen LogP contribution < -0.4 is 5.32 Å². The number of rotatable bonds is 5. The summed E-state index contributed by atoms with van der Waals surface area (Å²) in [5.74, 6) is -0.562. The van der Waals surface area contributed by atoms with Crippen LogP contribution in [0.5, 0.6) is 0 Å². The van der Waals surface area contributed by atoms with Crippen molar-refractivity contribution in [3.05, 3.63) is 29.8 Å². The van der Waals surface area contributed by atoms with E-state index < -0.39 is 5.97 Å². The fraction of sp³-hybridized carbons (Fsp3) is 0.417. The average Bonchev–Trinajstić information content (AvgIpc) is 3.10. The van der Waals surface area contributed by atoms with Gasteiger partial charge in [0.05, 0.1) is 11.7 Å². The summed E-state index contributed by atoms with van der Waals surface area (Å²) in [5.41, 5.74) is 0.806. The molecule has 1 aromatic rings. The van der Waals surface area contributed by atoms with Crippen molar-refractivity contribution in [1.82, 2.24) is 0 Å². The monoisotopic (exact) mass is 221 g/mol. The number of hydrogen-bond donors (Lipinski definition) is 3. The molecule has 86 valence electrons. The molecule has 16 heavy (non-hydrogen) atoms. The molecule has 3 N–H and O–H groups in total. The third-order valence-electron chi connectivity index (χ3n) is 2.83. The Labute approximate surface area is 93.9 Å². The van der Waals surface area contributed by atoms with Gasteiger partial charge in [0, 0.05) is 12.2 Å². The lowest BCUT2D eigenvalue weighted by molar-refractivity contribution is 0.0697. The van der Waals surface area contributed by atoms with Crippen molar-refractivity contribution in [2.24, 2.45) is 5.92 Å². The Hall–Kier alpha value is -1.55. The molecular formula is C12H15NO3. The predicted molar refractivity (Wildman–Crippen MR) is 60.6 cm³/mol. The first-order chi connectivity index (χ1) is 7.68. The molecule has 0 aromatic heterocycles. The summed E-state index contributed by atoms with van der Waals surface area (Å²) in [6.07, 6.45) is 1.77. The smallest absolute Gasteiger partial charge is 0.337 e. The van der Waals surface area contributed by atoms with Crippen molar-refractivity contribution in [2.75, 3.05) is 11.9 Å². The van der Waals surface area contributed by atoms with Gasteiger partial charge in [0.1, 0.15) is 0 Å². The Morgan fingerprint density at radius 3 is 2.75 bits per heavy atom. The van der Waals surface area contributed by atoms with E-state index in [-0.39, 0.29) is 11.7 Å². The van der Waals surface area contributed by atoms with Crippen molar-refractivity contribution in [3.8, 4) is 0 Å². The van der Waals surface area contributed by atoms with Crippen LogP contribution in [0, 0.1) is 5.92 Å². The van der Waals surface area contributed by atoms with Crippen molar-refractivity contribution < 1.29 is 15.0 Å². The van der Waals surface area contributed by atoms with Gasteiger partial charge in [-0.05, 0) is 30.9 Å². The van der Waals surface area contributed by atoms with Crippen LogP contribution in [-0.2, 0) is 0 Å². The van der Waals surface area contributed by atoms with E-state index >= 15 is 0 Å². The van der Waals surface area contributed by atoms with Gasteiger partial charge in [-0.15, -0.1) is 0 Å². The third-order valence-corrected chi connectivity index (χ3v) is 2.83. The first kappa shape index (κ1) is 11.0. The van der Waals surface area contributed by atoms with Crippen LogP contribution in [0.1, 0.15) is 23.2 Å². The van der Waals surface area contributed by atoms with Gasteiger partial charge in [0.2, 0.25) is 0 Å². The lowest BCUT2D eigenvalue weighted by Crippen LogP contribution is -2.22. The minimum Gasteiger partial charge on any atom is -0.478 e. The second kappa shape index (κ2) is 4.53. The highest BCUT2D eigenvalue weighted by molar-refractivity contribution is 5.94. The molecule has 1 unspecified atom stereocenters. The Balaban J connectivity index is 1.99. The number of para-hydroxylation sites is 1. The van der Waals surface area contributed by atoms with Crippen LogP contribution >= 0.6 is 0 Å². The number of carboxylic acid groups (broad SMARTS) is 1. The van der Waals surface area contributed by atoms with E-state index in [2.05, 4.69) is 5.32 Å². The van der Waals surface area contributed by atoms with Crippen LogP contribution in [0.3, 0.4) is 0 Å². The van der Waals surface area contributed by atoms with E-state index in [0.717, 1.165) is 12.8 Å². The van der Waals surface area contributed by atoms with Crippen LogP contribution in [0.4, 0.5) is 5.69 Å². The second-order valence-corrected chi connectivity index (χ2v) is 4.14. The van der Waals surface area contributed by atoms with Crippen LogP contribution in [0.15, 0.2) is 24.3 Å². The van der Waals surface area contributed by atoms with Crippen LogP contribution in [-0.4, -0.2) is 28.8 Å². The summed E-state index contributed by atoms with van der Waals surface area (Å²) in [5, 5.41) is 21.6. The summed E-state index contributed by atoms with van der Waals surface area (Å²) < 4.78 is 0. The zero-order valence-electron chi connectivity index (χ0n) is 8.89. The molecule has 1 atom stereocenters. The number of carbonyl (C=O) groups is 1.